The summed E-state index contributed by atoms with van der Waals surface area (Å²) >= 11 is 0. The van der Waals surface area contributed by atoms with Crippen molar-refractivity contribution in [2.24, 2.45) is 0 Å². The minimum absolute atomic E-state index is 0.187. The van der Waals surface area contributed by atoms with E-state index in [0.29, 0.717) is 6.42 Å². The van der Waals surface area contributed by atoms with E-state index in [-0.39, 0.29) is 12.8 Å². The number of unbranched alkanes of at least 4 members (excludes halogenated alkanes) is 26. The summed E-state index contributed by atoms with van der Waals surface area (Å²) in [6.45, 7) is 3.97. The fourth-order valence-electron chi connectivity index (χ4n) is 6.57. The molecule has 0 rings (SSSR count). The molecule has 0 radical (unpaired) electrons. The zero-order valence-corrected chi connectivity index (χ0v) is 32.3. The van der Waals surface area contributed by atoms with E-state index in [9.17, 15) is 30.3 Å². The highest BCUT2D eigenvalue weighted by Crippen LogP contribution is 2.16. The van der Waals surface area contributed by atoms with Gasteiger partial charge in [0, 0.05) is 6.42 Å². The molecular formula is C42H83NO6. The van der Waals surface area contributed by atoms with Crippen LogP contribution < -0.4 is 5.32 Å². The Balaban J connectivity index is 3.82. The third-order valence-corrected chi connectivity index (χ3v) is 10.1. The van der Waals surface area contributed by atoms with Gasteiger partial charge in [0.1, 0.15) is 6.10 Å². The molecule has 0 bridgehead atoms. The lowest BCUT2D eigenvalue weighted by atomic mass is 9.99. The van der Waals surface area contributed by atoms with Gasteiger partial charge in [-0.3, -0.25) is 4.79 Å². The fraction of sp³-hybridized carbons (Fsp3) is 0.929. The third-order valence-electron chi connectivity index (χ3n) is 10.1. The topological polar surface area (TPSA) is 130 Å². The Kier molecular flexibility index (Phi) is 36.0. The van der Waals surface area contributed by atoms with Gasteiger partial charge in [0.15, 0.2) is 0 Å². The Hall–Kier alpha value is -0.990. The first kappa shape index (κ1) is 48.0. The molecule has 0 aromatic heterocycles. The average molecular weight is 698 g/mol. The van der Waals surface area contributed by atoms with Crippen molar-refractivity contribution in [2.45, 2.75) is 243 Å². The SMILES string of the molecule is CCCCCCCCC/C=C/CC(O)C(O)CC(O)C(CO)NC(=O)C(O)CCCCCCCCCCCCCCCCCCCCCC. The summed E-state index contributed by atoms with van der Waals surface area (Å²) in [6.07, 6.45) is 35.3. The molecule has 0 aliphatic heterocycles. The molecule has 0 saturated carbocycles. The molecular weight excluding hydrogens is 614 g/mol. The molecule has 5 unspecified atom stereocenters. The Labute approximate surface area is 303 Å². The molecule has 7 heteroatoms. The standard InChI is InChI=1S/C42H83NO6/c1-3-5-7-9-11-13-15-16-17-18-19-20-21-22-23-24-26-28-30-32-34-39(46)42(49)43-37(36-44)40(47)35-41(48)38(45)33-31-29-27-25-14-12-10-8-6-4-2/h29,31,37-41,44-48H,3-28,30,32-36H2,1-2H3,(H,43,49)/b31-29+. The van der Waals surface area contributed by atoms with Crippen molar-refractivity contribution in [1.29, 1.82) is 0 Å². The highest BCUT2D eigenvalue weighted by molar-refractivity contribution is 5.80. The number of aliphatic hydroxyl groups is 5. The van der Waals surface area contributed by atoms with Crippen LogP contribution >= 0.6 is 0 Å². The summed E-state index contributed by atoms with van der Waals surface area (Å²) in [4.78, 5) is 12.5. The normalized spacial score (nSPS) is 15.0. The Morgan fingerprint density at radius 1 is 0.510 bits per heavy atom. The molecule has 5 atom stereocenters. The lowest BCUT2D eigenvalue weighted by Gasteiger charge is -2.26. The van der Waals surface area contributed by atoms with Gasteiger partial charge in [-0.05, 0) is 25.7 Å². The smallest absolute Gasteiger partial charge is 0.249 e. The summed E-state index contributed by atoms with van der Waals surface area (Å²) in [7, 11) is 0. The van der Waals surface area contributed by atoms with Gasteiger partial charge in [0.05, 0.1) is 31.0 Å². The van der Waals surface area contributed by atoms with Crippen molar-refractivity contribution < 1.29 is 30.3 Å². The second kappa shape index (κ2) is 36.8. The zero-order chi connectivity index (χ0) is 36.2. The molecule has 0 fully saturated rings. The molecule has 6 N–H and O–H groups in total. The highest BCUT2D eigenvalue weighted by Gasteiger charge is 2.28. The number of hydrogen-bond donors (Lipinski definition) is 6. The summed E-state index contributed by atoms with van der Waals surface area (Å²) in [5.74, 6) is -0.626. The van der Waals surface area contributed by atoms with Gasteiger partial charge >= 0.3 is 0 Å². The zero-order valence-electron chi connectivity index (χ0n) is 32.3. The molecule has 49 heavy (non-hydrogen) atoms. The second-order valence-electron chi connectivity index (χ2n) is 14.9. The van der Waals surface area contributed by atoms with Gasteiger partial charge in [-0.2, -0.15) is 0 Å². The van der Waals surface area contributed by atoms with Gasteiger partial charge in [0.2, 0.25) is 5.91 Å². The van der Waals surface area contributed by atoms with E-state index in [2.05, 4.69) is 19.2 Å². The van der Waals surface area contributed by atoms with E-state index < -0.39 is 43.0 Å². The molecule has 0 saturated heterocycles. The molecule has 0 aromatic carbocycles. The van der Waals surface area contributed by atoms with Crippen LogP contribution in [0.3, 0.4) is 0 Å². The Morgan fingerprint density at radius 2 is 0.898 bits per heavy atom. The van der Waals surface area contributed by atoms with Crippen LogP contribution in [0.2, 0.25) is 0 Å². The molecule has 0 aliphatic carbocycles. The van der Waals surface area contributed by atoms with Crippen molar-refractivity contribution in [3.8, 4) is 0 Å². The minimum atomic E-state index is -1.25. The molecule has 292 valence electrons. The molecule has 7 nitrogen and oxygen atoms in total. The quantitative estimate of drug-likeness (QED) is 0.0282. The Bertz CT molecular complexity index is 719. The van der Waals surface area contributed by atoms with Gasteiger partial charge < -0.3 is 30.8 Å². The van der Waals surface area contributed by atoms with Crippen molar-refractivity contribution in [3.63, 3.8) is 0 Å². The largest absolute Gasteiger partial charge is 0.394 e. The molecule has 0 spiro atoms. The van der Waals surface area contributed by atoms with E-state index in [0.717, 1.165) is 32.1 Å². The number of aliphatic hydroxyl groups excluding tert-OH is 5. The summed E-state index contributed by atoms with van der Waals surface area (Å²) < 4.78 is 0. The number of carbonyl (C=O) groups excluding carboxylic acids is 1. The Morgan fingerprint density at radius 3 is 1.31 bits per heavy atom. The average Bonchev–Trinajstić information content (AvgIpc) is 3.10. The van der Waals surface area contributed by atoms with E-state index in [1.807, 2.05) is 12.2 Å². The first-order chi connectivity index (χ1) is 23.9. The molecule has 0 heterocycles. The van der Waals surface area contributed by atoms with E-state index >= 15 is 0 Å². The maximum Gasteiger partial charge on any atom is 0.249 e. The van der Waals surface area contributed by atoms with Crippen LogP contribution in [-0.4, -0.2) is 68.5 Å². The number of amides is 1. The number of nitrogens with one attached hydrogen (secondary N) is 1. The maximum absolute atomic E-state index is 12.5. The van der Waals surface area contributed by atoms with Crippen LogP contribution in [0, 0.1) is 0 Å². The van der Waals surface area contributed by atoms with Gasteiger partial charge in [0.25, 0.3) is 0 Å². The van der Waals surface area contributed by atoms with Crippen molar-refractivity contribution in [3.05, 3.63) is 12.2 Å². The first-order valence-electron chi connectivity index (χ1n) is 21.2. The lowest BCUT2D eigenvalue weighted by molar-refractivity contribution is -0.132. The van der Waals surface area contributed by atoms with Crippen LogP contribution in [-0.2, 0) is 4.79 Å². The minimum Gasteiger partial charge on any atom is -0.394 e. The van der Waals surface area contributed by atoms with Gasteiger partial charge in [-0.1, -0.05) is 193 Å². The second-order valence-corrected chi connectivity index (χ2v) is 14.9. The van der Waals surface area contributed by atoms with Gasteiger partial charge in [-0.25, -0.2) is 0 Å². The van der Waals surface area contributed by atoms with Crippen LogP contribution in [0.25, 0.3) is 0 Å². The monoisotopic (exact) mass is 698 g/mol. The first-order valence-corrected chi connectivity index (χ1v) is 21.2. The summed E-state index contributed by atoms with van der Waals surface area (Å²) in [5.41, 5.74) is 0. The summed E-state index contributed by atoms with van der Waals surface area (Å²) in [5, 5.41) is 53.7. The van der Waals surface area contributed by atoms with E-state index in [1.165, 1.54) is 148 Å². The number of carbonyl (C=O) groups is 1. The van der Waals surface area contributed by atoms with Crippen molar-refractivity contribution in [1.82, 2.24) is 5.32 Å². The van der Waals surface area contributed by atoms with Crippen molar-refractivity contribution >= 4 is 5.91 Å². The molecule has 1 amide bonds. The van der Waals surface area contributed by atoms with Crippen LogP contribution in [0.4, 0.5) is 0 Å². The van der Waals surface area contributed by atoms with E-state index in [4.69, 9.17) is 0 Å². The number of hydrogen-bond acceptors (Lipinski definition) is 6. The predicted octanol–water partition coefficient (Wildman–Crippen LogP) is 9.60. The summed E-state index contributed by atoms with van der Waals surface area (Å²) in [6, 6.07) is -1.02. The van der Waals surface area contributed by atoms with Crippen LogP contribution in [0.15, 0.2) is 12.2 Å². The van der Waals surface area contributed by atoms with Crippen LogP contribution in [0.5, 0.6) is 0 Å². The maximum atomic E-state index is 12.5. The predicted molar refractivity (Wildman–Crippen MR) is 207 cm³/mol. The molecule has 0 aromatic rings. The van der Waals surface area contributed by atoms with Gasteiger partial charge in [-0.15, -0.1) is 0 Å². The fourth-order valence-corrected chi connectivity index (χ4v) is 6.57. The van der Waals surface area contributed by atoms with E-state index in [1.54, 1.807) is 0 Å². The highest BCUT2D eigenvalue weighted by atomic mass is 16.3. The third kappa shape index (κ3) is 31.5. The number of allylic oxidation sites excluding steroid dienone is 1. The lowest BCUT2D eigenvalue weighted by Crippen LogP contribution is -2.50. The number of rotatable bonds is 38. The van der Waals surface area contributed by atoms with Crippen LogP contribution in [0.1, 0.15) is 213 Å². The van der Waals surface area contributed by atoms with Crippen molar-refractivity contribution in [2.75, 3.05) is 6.61 Å². The molecule has 0 aliphatic rings.